The number of nitrogens with zero attached hydrogens (tertiary/aromatic N) is 2. The van der Waals surface area contributed by atoms with Crippen LogP contribution in [0.15, 0.2) is 67.4 Å². The van der Waals surface area contributed by atoms with Gasteiger partial charge < -0.3 is 40.8 Å². The summed E-state index contributed by atoms with van der Waals surface area (Å²) in [4.78, 5) is 47.1. The van der Waals surface area contributed by atoms with E-state index in [-0.39, 0.29) is 23.2 Å². The Hall–Kier alpha value is -6.11. The van der Waals surface area contributed by atoms with Crippen LogP contribution in [0, 0.1) is 13.8 Å². The quantitative estimate of drug-likeness (QED) is 0.126. The van der Waals surface area contributed by atoms with Crippen molar-refractivity contribution in [3.8, 4) is 17.2 Å². The zero-order chi connectivity index (χ0) is 33.4. The van der Waals surface area contributed by atoms with Gasteiger partial charge >= 0.3 is 0 Å². The van der Waals surface area contributed by atoms with Gasteiger partial charge in [0.05, 0.1) is 21.3 Å². The van der Waals surface area contributed by atoms with Crippen LogP contribution in [0.1, 0.15) is 31.8 Å². The maximum atomic E-state index is 13.4. The fourth-order valence-electron chi connectivity index (χ4n) is 4.39. The molecule has 5 N–H and O–H groups in total. The molecule has 0 aliphatic heterocycles. The van der Waals surface area contributed by atoms with E-state index in [4.69, 9.17) is 14.2 Å². The minimum absolute atomic E-state index is 0.183. The van der Waals surface area contributed by atoms with Crippen molar-refractivity contribution in [2.75, 3.05) is 55.0 Å². The number of aromatic nitrogens is 2. The van der Waals surface area contributed by atoms with Gasteiger partial charge in [-0.1, -0.05) is 18.7 Å². The molecular formula is C33H35N7O6. The zero-order valence-corrected chi connectivity index (χ0v) is 26.3. The molecule has 4 rings (SSSR count). The summed E-state index contributed by atoms with van der Waals surface area (Å²) in [6, 6.07) is 13.6. The number of methoxy groups -OCH3 is 3. The highest BCUT2D eigenvalue weighted by molar-refractivity contribution is 6.09. The van der Waals surface area contributed by atoms with Gasteiger partial charge in [0.1, 0.15) is 11.4 Å². The molecule has 0 spiro atoms. The maximum absolute atomic E-state index is 13.4. The molecule has 13 heteroatoms. The first kappa shape index (κ1) is 32.8. The fourth-order valence-corrected chi connectivity index (χ4v) is 4.39. The molecule has 1 aromatic heterocycles. The van der Waals surface area contributed by atoms with Crippen molar-refractivity contribution in [2.45, 2.75) is 13.8 Å². The molecule has 1 heterocycles. The topological polar surface area (TPSA) is 165 Å². The van der Waals surface area contributed by atoms with Gasteiger partial charge in [-0.15, -0.1) is 0 Å². The Kier molecular flexibility index (Phi) is 10.4. The van der Waals surface area contributed by atoms with Crippen LogP contribution in [0.25, 0.3) is 0 Å². The predicted molar refractivity (Wildman–Crippen MR) is 178 cm³/mol. The predicted octanol–water partition coefficient (Wildman–Crippen LogP) is 5.53. The Morgan fingerprint density at radius 3 is 2.04 bits per heavy atom. The van der Waals surface area contributed by atoms with Gasteiger partial charge in [-0.25, -0.2) is 4.98 Å². The highest BCUT2D eigenvalue weighted by atomic mass is 16.5. The molecule has 0 atom stereocenters. The summed E-state index contributed by atoms with van der Waals surface area (Å²) in [5.41, 5.74) is 4.18. The fraction of sp³-hybridized carbons (Fsp3) is 0.182. The van der Waals surface area contributed by atoms with Crippen molar-refractivity contribution >= 4 is 52.2 Å². The first-order chi connectivity index (χ1) is 22.1. The second kappa shape index (κ2) is 14.6. The van der Waals surface area contributed by atoms with E-state index in [9.17, 15) is 14.4 Å². The molecule has 46 heavy (non-hydrogen) atoms. The summed E-state index contributed by atoms with van der Waals surface area (Å²) in [6.07, 6.45) is 2.58. The summed E-state index contributed by atoms with van der Waals surface area (Å²) >= 11 is 0. The molecular weight excluding hydrogens is 590 g/mol. The number of hydrogen-bond acceptors (Lipinski definition) is 10. The van der Waals surface area contributed by atoms with Crippen LogP contribution < -0.4 is 40.8 Å². The molecule has 3 aromatic carbocycles. The van der Waals surface area contributed by atoms with E-state index in [1.807, 2.05) is 26.0 Å². The summed E-state index contributed by atoms with van der Waals surface area (Å²) in [6.45, 7) is 7.15. The summed E-state index contributed by atoms with van der Waals surface area (Å²) < 4.78 is 16.1. The van der Waals surface area contributed by atoms with Crippen LogP contribution in [-0.2, 0) is 4.79 Å². The number of hydrogen-bond donors (Lipinski definition) is 5. The van der Waals surface area contributed by atoms with Gasteiger partial charge in [-0.3, -0.25) is 14.4 Å². The molecule has 13 nitrogen and oxygen atoms in total. The van der Waals surface area contributed by atoms with Crippen molar-refractivity contribution in [1.82, 2.24) is 9.97 Å². The molecule has 4 aromatic rings. The first-order valence-corrected chi connectivity index (χ1v) is 14.0. The summed E-state index contributed by atoms with van der Waals surface area (Å²) in [5, 5.41) is 14.4. The Labute approximate surface area is 266 Å². The molecule has 0 aliphatic carbocycles. The third-order valence-corrected chi connectivity index (χ3v) is 6.88. The van der Waals surface area contributed by atoms with Crippen molar-refractivity contribution < 1.29 is 28.6 Å². The molecule has 3 amide bonds. The van der Waals surface area contributed by atoms with Gasteiger partial charge in [0, 0.05) is 53.7 Å². The van der Waals surface area contributed by atoms with E-state index in [1.165, 1.54) is 33.6 Å². The Morgan fingerprint density at radius 2 is 1.43 bits per heavy atom. The number of carbonyl (C=O) groups excluding carboxylic acids is 3. The van der Waals surface area contributed by atoms with Gasteiger partial charge in [0.25, 0.3) is 11.8 Å². The highest BCUT2D eigenvalue weighted by Crippen LogP contribution is 2.40. The van der Waals surface area contributed by atoms with Crippen LogP contribution in [0.3, 0.4) is 0 Å². The largest absolute Gasteiger partial charge is 0.493 e. The van der Waals surface area contributed by atoms with Crippen LogP contribution in [0.5, 0.6) is 17.2 Å². The molecule has 238 valence electrons. The number of nitrogens with one attached hydrogen (secondary N) is 5. The number of rotatable bonds is 12. The summed E-state index contributed by atoms with van der Waals surface area (Å²) in [5.74, 6) is 0.453. The van der Waals surface area contributed by atoms with E-state index >= 15 is 0 Å². The lowest BCUT2D eigenvalue weighted by molar-refractivity contribution is -0.111. The van der Waals surface area contributed by atoms with Crippen LogP contribution in [0.4, 0.5) is 34.5 Å². The molecule has 0 saturated heterocycles. The number of anilines is 6. The molecule has 0 radical (unpaired) electrons. The van der Waals surface area contributed by atoms with Gasteiger partial charge in [-0.2, -0.15) is 4.98 Å². The molecule has 0 saturated carbocycles. The minimum Gasteiger partial charge on any atom is -0.493 e. The summed E-state index contributed by atoms with van der Waals surface area (Å²) in [7, 11) is 6.10. The van der Waals surface area contributed by atoms with E-state index in [0.29, 0.717) is 45.6 Å². The lowest BCUT2D eigenvalue weighted by Crippen LogP contribution is -2.18. The lowest BCUT2D eigenvalue weighted by Gasteiger charge is -2.15. The smallest absolute Gasteiger partial charge is 0.261 e. The molecule has 0 aliphatic rings. The Bertz CT molecular complexity index is 1780. The van der Waals surface area contributed by atoms with E-state index < -0.39 is 11.8 Å². The van der Waals surface area contributed by atoms with Crippen LogP contribution in [-0.4, -0.2) is 56.1 Å². The van der Waals surface area contributed by atoms with Gasteiger partial charge in [0.2, 0.25) is 17.6 Å². The monoisotopic (exact) mass is 625 g/mol. The Balaban J connectivity index is 1.51. The average Bonchev–Trinajstić information content (AvgIpc) is 3.06. The van der Waals surface area contributed by atoms with E-state index in [2.05, 4.69) is 43.1 Å². The number of carbonyl (C=O) groups is 3. The van der Waals surface area contributed by atoms with Gasteiger partial charge in [0.15, 0.2) is 11.5 Å². The number of amides is 3. The zero-order valence-electron chi connectivity index (χ0n) is 26.3. The maximum Gasteiger partial charge on any atom is 0.261 e. The number of ether oxygens (including phenoxy) is 3. The third-order valence-electron chi connectivity index (χ3n) is 6.88. The van der Waals surface area contributed by atoms with Crippen molar-refractivity contribution in [3.05, 3.63) is 89.6 Å². The lowest BCUT2D eigenvalue weighted by atomic mass is 10.1. The molecule has 0 unspecified atom stereocenters. The number of benzene rings is 3. The second-order valence-corrected chi connectivity index (χ2v) is 9.91. The standard InChI is InChI=1S/C33H35N7O6/c1-8-28(41)38-25-14-21(12-10-19(25)3)37-33-35-17-23(30(34-4)40-33)32(43)39-24-13-20(11-9-18(24)2)31(42)36-22-15-26(44-5)29(46-7)27(16-22)45-6/h8-17H,1H2,2-7H3,(H,36,42)(H,38,41)(H,39,43)(H2,34,35,37,40). The van der Waals surface area contributed by atoms with Gasteiger partial charge in [-0.05, 0) is 55.3 Å². The number of aryl methyl sites for hydroxylation is 2. The van der Waals surface area contributed by atoms with Crippen molar-refractivity contribution in [2.24, 2.45) is 0 Å². The van der Waals surface area contributed by atoms with Crippen molar-refractivity contribution in [1.29, 1.82) is 0 Å². The normalized spacial score (nSPS) is 10.3. The van der Waals surface area contributed by atoms with Crippen molar-refractivity contribution in [3.63, 3.8) is 0 Å². The average molecular weight is 626 g/mol. The third kappa shape index (κ3) is 7.50. The van der Waals surface area contributed by atoms with E-state index in [0.717, 1.165) is 11.1 Å². The molecule has 0 bridgehead atoms. The first-order valence-electron chi connectivity index (χ1n) is 14.0. The molecule has 0 fully saturated rings. The van der Waals surface area contributed by atoms with Crippen LogP contribution in [0.2, 0.25) is 0 Å². The highest BCUT2D eigenvalue weighted by Gasteiger charge is 2.18. The second-order valence-electron chi connectivity index (χ2n) is 9.91. The minimum atomic E-state index is -0.481. The SMILES string of the molecule is C=CC(=O)Nc1cc(Nc2ncc(C(=O)Nc3cc(C(=O)Nc4cc(OC)c(OC)c(OC)c4)ccc3C)c(NC)n2)ccc1C. The van der Waals surface area contributed by atoms with Crippen LogP contribution >= 0.6 is 0 Å². The van der Waals surface area contributed by atoms with E-state index in [1.54, 1.807) is 43.4 Å². The Morgan fingerprint density at radius 1 is 0.783 bits per heavy atom.